The van der Waals surface area contributed by atoms with E-state index in [1.165, 1.54) is 6.92 Å². The number of nitrogens with one attached hydrogen (secondary N) is 2. The lowest BCUT2D eigenvalue weighted by Gasteiger charge is -2.27. The van der Waals surface area contributed by atoms with E-state index in [-0.39, 0.29) is 13.0 Å². The third kappa shape index (κ3) is 10.4. The van der Waals surface area contributed by atoms with Gasteiger partial charge in [0.1, 0.15) is 12.6 Å². The highest BCUT2D eigenvalue weighted by atomic mass is 16.6. The lowest BCUT2D eigenvalue weighted by atomic mass is 9.87. The Hall–Kier alpha value is -3.63. The predicted molar refractivity (Wildman–Crippen MR) is 124 cm³/mol. The molecule has 0 saturated carbocycles. The molecule has 0 saturated heterocycles. The minimum absolute atomic E-state index is 0.0970. The van der Waals surface area contributed by atoms with Crippen LogP contribution in [0.2, 0.25) is 0 Å². The Morgan fingerprint density at radius 2 is 1.43 bits per heavy atom. The molecule has 1 rings (SSSR count). The molecular formula is C24H34N2O9. The van der Waals surface area contributed by atoms with Gasteiger partial charge in [-0.3, -0.25) is 14.4 Å². The van der Waals surface area contributed by atoms with E-state index in [4.69, 9.17) is 9.47 Å². The maximum absolute atomic E-state index is 12.4. The summed E-state index contributed by atoms with van der Waals surface area (Å²) < 4.78 is 19.1. The van der Waals surface area contributed by atoms with Gasteiger partial charge in [-0.05, 0) is 18.4 Å². The van der Waals surface area contributed by atoms with Crippen LogP contribution in [0.15, 0.2) is 30.3 Å². The van der Waals surface area contributed by atoms with Crippen molar-refractivity contribution in [2.45, 2.75) is 45.3 Å². The Labute approximate surface area is 204 Å². The molecule has 0 spiro atoms. The minimum Gasteiger partial charge on any atom is -0.468 e. The van der Waals surface area contributed by atoms with E-state index in [0.29, 0.717) is 25.8 Å². The monoisotopic (exact) mass is 494 g/mol. The zero-order chi connectivity index (χ0) is 26.2. The molecule has 0 aliphatic heterocycles. The van der Waals surface area contributed by atoms with Crippen LogP contribution in [0.3, 0.4) is 0 Å². The zero-order valence-corrected chi connectivity index (χ0v) is 20.5. The first-order valence-electron chi connectivity index (χ1n) is 11.2. The highest BCUT2D eigenvalue weighted by Gasteiger charge is 2.42. The molecule has 2 N–H and O–H groups in total. The summed E-state index contributed by atoms with van der Waals surface area (Å²) in [4.78, 5) is 60.5. The predicted octanol–water partition coefficient (Wildman–Crippen LogP) is 1.73. The molecule has 2 atom stereocenters. The van der Waals surface area contributed by atoms with Crippen LogP contribution in [0.1, 0.15) is 38.2 Å². The van der Waals surface area contributed by atoms with Crippen molar-refractivity contribution < 1.29 is 42.9 Å². The number of ether oxygens (including phenoxy) is 4. The molecule has 0 heterocycles. The first kappa shape index (κ1) is 29.4. The number of carbonyl (C=O) groups excluding carboxylic acids is 5. The Bertz CT molecular complexity index is 829. The number of esters is 3. The van der Waals surface area contributed by atoms with E-state index in [1.54, 1.807) is 0 Å². The molecule has 1 aromatic rings. The number of amides is 2. The Balaban J connectivity index is 2.43. The van der Waals surface area contributed by atoms with Gasteiger partial charge >= 0.3 is 24.0 Å². The third-order valence-corrected chi connectivity index (χ3v) is 5.30. The summed E-state index contributed by atoms with van der Waals surface area (Å²) in [5.74, 6) is -5.41. The van der Waals surface area contributed by atoms with Crippen molar-refractivity contribution in [3.8, 4) is 0 Å². The zero-order valence-electron chi connectivity index (χ0n) is 20.5. The lowest BCUT2D eigenvalue weighted by Crippen LogP contribution is -2.51. The largest absolute Gasteiger partial charge is 0.468 e. The van der Waals surface area contributed by atoms with Crippen molar-refractivity contribution in [1.29, 1.82) is 0 Å². The van der Waals surface area contributed by atoms with E-state index in [1.807, 2.05) is 30.3 Å². The molecule has 11 heteroatoms. The average Bonchev–Trinajstić information content (AvgIpc) is 2.87. The van der Waals surface area contributed by atoms with Crippen LogP contribution in [0.4, 0.5) is 4.79 Å². The summed E-state index contributed by atoms with van der Waals surface area (Å²) in [5, 5.41) is 5.17. The third-order valence-electron chi connectivity index (χ3n) is 5.30. The molecule has 35 heavy (non-hydrogen) atoms. The van der Waals surface area contributed by atoms with Crippen molar-refractivity contribution in [1.82, 2.24) is 10.6 Å². The summed E-state index contributed by atoms with van der Waals surface area (Å²) in [5.41, 5.74) is 0.887. The first-order chi connectivity index (χ1) is 16.7. The fraction of sp³-hybridized carbons (Fsp3) is 0.542. The normalized spacial score (nSPS) is 12.1. The van der Waals surface area contributed by atoms with E-state index in [2.05, 4.69) is 20.1 Å². The second-order valence-electron chi connectivity index (χ2n) is 7.75. The van der Waals surface area contributed by atoms with Crippen molar-refractivity contribution >= 4 is 29.9 Å². The van der Waals surface area contributed by atoms with E-state index in [0.717, 1.165) is 26.9 Å². The maximum atomic E-state index is 12.4. The Kier molecular flexibility index (Phi) is 13.5. The number of alkyl carbamates (subject to hydrolysis) is 1. The van der Waals surface area contributed by atoms with Gasteiger partial charge in [-0.1, -0.05) is 43.7 Å². The van der Waals surface area contributed by atoms with Crippen molar-refractivity contribution in [3.63, 3.8) is 0 Å². The van der Waals surface area contributed by atoms with E-state index in [9.17, 15) is 24.0 Å². The number of hydrogen-bond donors (Lipinski definition) is 2. The molecule has 1 aromatic carbocycles. The SMILES string of the molecule is COC(=O)C(C(=O)OC)[C@H](C)[C@H](NC(=O)CCCCCNC(=O)OCc1ccccc1)C(=O)OC. The molecule has 194 valence electrons. The number of methoxy groups -OCH3 is 3. The topological polar surface area (TPSA) is 146 Å². The molecule has 0 bridgehead atoms. The van der Waals surface area contributed by atoms with Crippen LogP contribution in [0.25, 0.3) is 0 Å². The number of carbonyl (C=O) groups is 5. The highest BCUT2D eigenvalue weighted by molar-refractivity contribution is 5.96. The van der Waals surface area contributed by atoms with Gasteiger partial charge in [-0.15, -0.1) is 0 Å². The van der Waals surface area contributed by atoms with Gasteiger partial charge < -0.3 is 29.6 Å². The standard InChI is InChI=1S/C24H34N2O9/c1-16(19(21(28)32-2)22(29)33-3)20(23(30)34-4)26-18(27)13-9-6-10-14-25-24(31)35-15-17-11-7-5-8-12-17/h5,7-8,11-12,16,19-20H,6,9-10,13-15H2,1-4H3,(H,25,31)(H,26,27)/t16-,20-/m0/s1. The van der Waals surface area contributed by atoms with Crippen LogP contribution in [-0.4, -0.2) is 63.8 Å². The van der Waals surface area contributed by atoms with Gasteiger partial charge in [-0.25, -0.2) is 9.59 Å². The Morgan fingerprint density at radius 3 is 2.00 bits per heavy atom. The summed E-state index contributed by atoms with van der Waals surface area (Å²) in [7, 11) is 3.35. The minimum atomic E-state index is -1.41. The summed E-state index contributed by atoms with van der Waals surface area (Å²) in [6.07, 6.45) is 1.33. The molecule has 11 nitrogen and oxygen atoms in total. The number of unbranched alkanes of at least 4 members (excludes halogenated alkanes) is 2. The molecule has 2 amide bonds. The first-order valence-corrected chi connectivity index (χ1v) is 11.2. The summed E-state index contributed by atoms with van der Waals surface area (Å²) in [6.45, 7) is 2.01. The highest BCUT2D eigenvalue weighted by Crippen LogP contribution is 2.20. The van der Waals surface area contributed by atoms with E-state index >= 15 is 0 Å². The van der Waals surface area contributed by atoms with Gasteiger partial charge in [0.25, 0.3) is 0 Å². The number of rotatable bonds is 14. The molecule has 0 aliphatic carbocycles. The fourth-order valence-corrected chi connectivity index (χ4v) is 3.30. The van der Waals surface area contributed by atoms with Crippen LogP contribution in [0.5, 0.6) is 0 Å². The number of benzene rings is 1. The summed E-state index contributed by atoms with van der Waals surface area (Å²) in [6, 6.07) is 8.05. The number of hydrogen-bond acceptors (Lipinski definition) is 9. The molecule has 0 aliphatic rings. The van der Waals surface area contributed by atoms with Crippen LogP contribution in [0, 0.1) is 11.8 Å². The van der Waals surface area contributed by atoms with Crippen LogP contribution < -0.4 is 10.6 Å². The quantitative estimate of drug-likeness (QED) is 0.171. The van der Waals surface area contributed by atoms with Crippen molar-refractivity contribution in [2.24, 2.45) is 11.8 Å². The average molecular weight is 495 g/mol. The van der Waals surface area contributed by atoms with Gasteiger partial charge in [0.2, 0.25) is 5.91 Å². The van der Waals surface area contributed by atoms with Crippen LogP contribution >= 0.6 is 0 Å². The van der Waals surface area contributed by atoms with Crippen LogP contribution in [-0.2, 0) is 44.7 Å². The molecule has 0 fully saturated rings. The summed E-state index contributed by atoms with van der Waals surface area (Å²) >= 11 is 0. The fourth-order valence-electron chi connectivity index (χ4n) is 3.30. The molecule has 0 unspecified atom stereocenters. The maximum Gasteiger partial charge on any atom is 0.407 e. The smallest absolute Gasteiger partial charge is 0.407 e. The Morgan fingerprint density at radius 1 is 0.829 bits per heavy atom. The molecule has 0 radical (unpaired) electrons. The lowest BCUT2D eigenvalue weighted by molar-refractivity contribution is -0.163. The van der Waals surface area contributed by atoms with Gasteiger partial charge in [-0.2, -0.15) is 0 Å². The van der Waals surface area contributed by atoms with Gasteiger partial charge in [0.05, 0.1) is 21.3 Å². The molecule has 0 aromatic heterocycles. The second-order valence-corrected chi connectivity index (χ2v) is 7.75. The van der Waals surface area contributed by atoms with E-state index < -0.39 is 47.8 Å². The van der Waals surface area contributed by atoms with Gasteiger partial charge in [0.15, 0.2) is 5.92 Å². The van der Waals surface area contributed by atoms with Gasteiger partial charge in [0, 0.05) is 18.9 Å². The molecular weight excluding hydrogens is 460 g/mol. The van der Waals surface area contributed by atoms with Crippen molar-refractivity contribution in [3.05, 3.63) is 35.9 Å². The second kappa shape index (κ2) is 16.1. The van der Waals surface area contributed by atoms with Crippen molar-refractivity contribution in [2.75, 3.05) is 27.9 Å².